The molecule has 3 aromatic rings. The van der Waals surface area contributed by atoms with E-state index in [1.54, 1.807) is 18.3 Å². The molecule has 0 spiro atoms. The summed E-state index contributed by atoms with van der Waals surface area (Å²) in [4.78, 5) is 11.3. The molecule has 1 aliphatic carbocycles. The minimum Gasteiger partial charge on any atom is -0.450 e. The van der Waals surface area contributed by atoms with Crippen molar-refractivity contribution in [1.82, 2.24) is 19.1 Å². The third kappa shape index (κ3) is 3.70. The van der Waals surface area contributed by atoms with E-state index in [-0.39, 0.29) is 22.9 Å². The van der Waals surface area contributed by atoms with Gasteiger partial charge in [0, 0.05) is 56.3 Å². The highest BCUT2D eigenvalue weighted by Gasteiger charge is 2.51. The van der Waals surface area contributed by atoms with E-state index in [0.717, 1.165) is 31.7 Å². The van der Waals surface area contributed by atoms with Crippen molar-refractivity contribution < 1.29 is 23.1 Å². The quantitative estimate of drug-likeness (QED) is 0.200. The standard InChI is InChI=1S/C22H21FN5O5P/c23-18-5-2-15(14-20(18)27-9-1-8-24-27)32-22-17-4-7-21(16(17)3-6-19(22)28(29)30)33-34(31,25-10-11-25)26-12-13-26/h1-3,5-6,8-9,14,21H,4,7,10-13H2. The maximum atomic E-state index is 14.4. The molecule has 34 heavy (non-hydrogen) atoms. The molecule has 0 saturated carbocycles. The van der Waals surface area contributed by atoms with Gasteiger partial charge >= 0.3 is 13.4 Å². The van der Waals surface area contributed by atoms with E-state index in [9.17, 15) is 19.1 Å². The van der Waals surface area contributed by atoms with Crippen molar-refractivity contribution in [3.8, 4) is 17.2 Å². The van der Waals surface area contributed by atoms with Gasteiger partial charge in [0.05, 0.1) is 11.0 Å². The number of halogens is 1. The summed E-state index contributed by atoms with van der Waals surface area (Å²) in [5, 5.41) is 15.8. The number of fused-ring (bicyclic) bond motifs is 1. The smallest absolute Gasteiger partial charge is 0.346 e. The first-order valence-corrected chi connectivity index (χ1v) is 12.5. The maximum absolute atomic E-state index is 14.4. The molecular formula is C22H21FN5O5P. The molecular weight excluding hydrogens is 464 g/mol. The van der Waals surface area contributed by atoms with Crippen LogP contribution in [0, 0.1) is 15.9 Å². The van der Waals surface area contributed by atoms with Gasteiger partial charge in [0.25, 0.3) is 0 Å². The second kappa shape index (κ2) is 7.99. The number of nitro groups is 1. The number of hydrogen-bond acceptors (Lipinski definition) is 6. The SMILES string of the molecule is O=[N+]([O-])c1ccc2c(c1Oc1ccc(F)c(-n3cccn3)c1)CCC2OP(=O)(N1CC1)N1CC1. The Labute approximate surface area is 194 Å². The molecule has 176 valence electrons. The molecule has 0 radical (unpaired) electrons. The Bertz CT molecular complexity index is 1310. The number of benzene rings is 2. The highest BCUT2D eigenvalue weighted by molar-refractivity contribution is 7.54. The summed E-state index contributed by atoms with van der Waals surface area (Å²) in [5.41, 5.74) is 1.35. The van der Waals surface area contributed by atoms with Crippen molar-refractivity contribution in [2.45, 2.75) is 18.9 Å². The number of nitro benzene ring substituents is 1. The van der Waals surface area contributed by atoms with Crippen LogP contribution in [0.1, 0.15) is 23.7 Å². The van der Waals surface area contributed by atoms with Crippen LogP contribution in [0.4, 0.5) is 10.1 Å². The Hall–Kier alpha value is -3.11. The van der Waals surface area contributed by atoms with Gasteiger partial charge in [0.15, 0.2) is 0 Å². The minimum absolute atomic E-state index is 0.0971. The normalized spacial score (nSPS) is 19.7. The van der Waals surface area contributed by atoms with Crippen LogP contribution in [-0.4, -0.2) is 50.2 Å². The van der Waals surface area contributed by atoms with Crippen molar-refractivity contribution in [3.63, 3.8) is 0 Å². The Morgan fingerprint density at radius 1 is 1.15 bits per heavy atom. The van der Waals surface area contributed by atoms with E-state index < -0.39 is 24.5 Å². The first-order valence-electron chi connectivity index (χ1n) is 11.0. The monoisotopic (exact) mass is 485 g/mol. The summed E-state index contributed by atoms with van der Waals surface area (Å²) in [6.07, 6.45) is 3.69. The van der Waals surface area contributed by atoms with Crippen LogP contribution in [0.3, 0.4) is 0 Å². The Kier molecular flexibility index (Phi) is 5.03. The lowest BCUT2D eigenvalue weighted by Gasteiger charge is -2.24. The molecule has 1 unspecified atom stereocenters. The van der Waals surface area contributed by atoms with Crippen molar-refractivity contribution in [2.75, 3.05) is 26.2 Å². The molecule has 2 aliphatic heterocycles. The molecule has 10 nitrogen and oxygen atoms in total. The van der Waals surface area contributed by atoms with Crippen LogP contribution >= 0.6 is 7.67 Å². The van der Waals surface area contributed by atoms with Crippen LogP contribution in [-0.2, 0) is 15.5 Å². The van der Waals surface area contributed by atoms with Crippen LogP contribution in [0.15, 0.2) is 48.8 Å². The summed E-state index contributed by atoms with van der Waals surface area (Å²) in [5.74, 6) is -0.162. The fourth-order valence-corrected chi connectivity index (χ4v) is 6.69. The van der Waals surface area contributed by atoms with E-state index in [4.69, 9.17) is 9.26 Å². The minimum atomic E-state index is -3.06. The Morgan fingerprint density at radius 3 is 2.56 bits per heavy atom. The molecule has 2 aromatic carbocycles. The molecule has 0 N–H and O–H groups in total. The van der Waals surface area contributed by atoms with Gasteiger partial charge in [0.1, 0.15) is 17.3 Å². The lowest BCUT2D eigenvalue weighted by Crippen LogP contribution is -2.11. The summed E-state index contributed by atoms with van der Waals surface area (Å²) < 4.78 is 45.1. The van der Waals surface area contributed by atoms with Crippen LogP contribution in [0.25, 0.3) is 5.69 Å². The summed E-state index contributed by atoms with van der Waals surface area (Å²) in [7, 11) is -3.06. The first-order chi connectivity index (χ1) is 16.4. The van der Waals surface area contributed by atoms with Crippen molar-refractivity contribution in [1.29, 1.82) is 0 Å². The van der Waals surface area contributed by atoms with Crippen molar-refractivity contribution in [2.24, 2.45) is 0 Å². The van der Waals surface area contributed by atoms with E-state index in [0.29, 0.717) is 18.4 Å². The van der Waals surface area contributed by atoms with Gasteiger partial charge in [-0.15, -0.1) is 0 Å². The number of aromatic nitrogens is 2. The fraction of sp³-hybridized carbons (Fsp3) is 0.318. The third-order valence-corrected chi connectivity index (χ3v) is 8.95. The lowest BCUT2D eigenvalue weighted by molar-refractivity contribution is -0.385. The van der Waals surface area contributed by atoms with Crippen LogP contribution in [0.2, 0.25) is 0 Å². The predicted molar refractivity (Wildman–Crippen MR) is 120 cm³/mol. The third-order valence-electron chi connectivity index (χ3n) is 6.19. The van der Waals surface area contributed by atoms with E-state index >= 15 is 0 Å². The molecule has 1 atom stereocenters. The fourth-order valence-electron chi connectivity index (χ4n) is 4.32. The topological polar surface area (TPSA) is 103 Å². The van der Waals surface area contributed by atoms with Gasteiger partial charge in [-0.25, -0.2) is 18.4 Å². The summed E-state index contributed by atoms with van der Waals surface area (Å²) in [6.45, 7) is 2.96. The zero-order valence-corrected chi connectivity index (χ0v) is 18.9. The number of nitrogens with zero attached hydrogens (tertiary/aromatic N) is 5. The Balaban J connectivity index is 1.35. The van der Waals surface area contributed by atoms with Crippen molar-refractivity contribution in [3.05, 3.63) is 75.9 Å². The molecule has 3 aliphatic rings. The second-order valence-corrected chi connectivity index (χ2v) is 10.8. The second-order valence-electron chi connectivity index (χ2n) is 8.44. The van der Waals surface area contributed by atoms with Gasteiger partial charge in [-0.3, -0.25) is 19.2 Å². The summed E-state index contributed by atoms with van der Waals surface area (Å²) in [6, 6.07) is 8.81. The molecule has 6 rings (SSSR count). The summed E-state index contributed by atoms with van der Waals surface area (Å²) >= 11 is 0. The lowest BCUT2D eigenvalue weighted by atomic mass is 10.1. The molecule has 2 fully saturated rings. The highest BCUT2D eigenvalue weighted by Crippen LogP contribution is 2.64. The zero-order chi connectivity index (χ0) is 23.4. The Morgan fingerprint density at radius 2 is 1.91 bits per heavy atom. The van der Waals surface area contributed by atoms with Gasteiger partial charge in [0.2, 0.25) is 5.75 Å². The predicted octanol–water partition coefficient (Wildman–Crippen LogP) is 4.46. The van der Waals surface area contributed by atoms with Crippen LogP contribution in [0.5, 0.6) is 11.5 Å². The van der Waals surface area contributed by atoms with Gasteiger partial charge in [-0.05, 0) is 42.7 Å². The maximum Gasteiger partial charge on any atom is 0.346 e. The number of rotatable bonds is 8. The van der Waals surface area contributed by atoms with Gasteiger partial charge in [-0.2, -0.15) is 5.10 Å². The molecule has 0 amide bonds. The molecule has 2 saturated heterocycles. The molecule has 1 aromatic heterocycles. The number of ether oxygens (including phenoxy) is 1. The van der Waals surface area contributed by atoms with E-state index in [1.807, 2.05) is 9.34 Å². The van der Waals surface area contributed by atoms with E-state index in [2.05, 4.69) is 5.10 Å². The molecule has 0 bridgehead atoms. The molecule has 12 heteroatoms. The molecule has 3 heterocycles. The van der Waals surface area contributed by atoms with Gasteiger partial charge < -0.3 is 4.74 Å². The zero-order valence-electron chi connectivity index (χ0n) is 18.0. The first kappa shape index (κ1) is 21.4. The van der Waals surface area contributed by atoms with Crippen molar-refractivity contribution >= 4 is 13.4 Å². The number of hydrogen-bond donors (Lipinski definition) is 0. The average molecular weight is 485 g/mol. The van der Waals surface area contributed by atoms with Gasteiger partial charge in [-0.1, -0.05) is 0 Å². The highest BCUT2D eigenvalue weighted by atomic mass is 31.2. The average Bonchev–Trinajstić information content (AvgIpc) is 3.76. The van der Waals surface area contributed by atoms with E-state index in [1.165, 1.54) is 35.1 Å². The van der Waals surface area contributed by atoms with Crippen LogP contribution < -0.4 is 4.74 Å². The largest absolute Gasteiger partial charge is 0.450 e.